The number of aliphatic hydroxyl groups is 3. The molecule has 6 nitrogen and oxygen atoms in total. The van der Waals surface area contributed by atoms with Gasteiger partial charge in [0.15, 0.2) is 0 Å². The smallest absolute Gasteiger partial charge is 0.416 e. The first kappa shape index (κ1) is 25.9. The number of rotatable bonds is 11. The summed E-state index contributed by atoms with van der Waals surface area (Å²) in [7, 11) is 0. The molecule has 0 aliphatic heterocycles. The zero-order valence-corrected chi connectivity index (χ0v) is 17.5. The van der Waals surface area contributed by atoms with E-state index in [-0.39, 0.29) is 31.1 Å². The Hall–Kier alpha value is -2.36. The maximum atomic E-state index is 12.8. The number of ether oxygens (including phenoxy) is 1. The Morgan fingerprint density at radius 1 is 1.22 bits per heavy atom. The average Bonchev–Trinajstić information content (AvgIpc) is 2.99. The second kappa shape index (κ2) is 12.0. The van der Waals surface area contributed by atoms with Gasteiger partial charge in [-0.15, -0.1) is 0 Å². The van der Waals surface area contributed by atoms with Gasteiger partial charge in [0, 0.05) is 18.8 Å². The van der Waals surface area contributed by atoms with Crippen LogP contribution in [0.2, 0.25) is 0 Å². The van der Waals surface area contributed by atoms with Crippen molar-refractivity contribution in [3.05, 3.63) is 54.1 Å². The number of benzene rings is 1. The van der Waals surface area contributed by atoms with Gasteiger partial charge in [-0.2, -0.15) is 13.2 Å². The van der Waals surface area contributed by atoms with E-state index in [2.05, 4.69) is 0 Å². The Bertz CT molecular complexity index is 792. The summed E-state index contributed by atoms with van der Waals surface area (Å²) in [5.41, 5.74) is -0.845. The van der Waals surface area contributed by atoms with E-state index in [9.17, 15) is 33.3 Å². The molecule has 5 atom stereocenters. The van der Waals surface area contributed by atoms with Crippen molar-refractivity contribution in [2.24, 2.45) is 11.8 Å². The molecule has 1 aromatic carbocycles. The van der Waals surface area contributed by atoms with Crippen LogP contribution < -0.4 is 4.74 Å². The van der Waals surface area contributed by atoms with Gasteiger partial charge in [0.1, 0.15) is 18.5 Å². The number of carbonyl (C=O) groups is 1. The SMILES string of the molecule is O=C(O)CCC/C=C\C[C@@H]1[C@H](C=C[C@@H](O)COc2cccc(C(F)(F)F)c2)[C@H](O)C[C@H]1O. The normalized spacial score (nSPS) is 24.9. The van der Waals surface area contributed by atoms with E-state index in [0.717, 1.165) is 12.1 Å². The van der Waals surface area contributed by atoms with Gasteiger partial charge in [-0.25, -0.2) is 0 Å². The molecule has 0 bridgehead atoms. The molecule has 32 heavy (non-hydrogen) atoms. The fraction of sp³-hybridized carbons (Fsp3) is 0.522. The van der Waals surface area contributed by atoms with Crippen molar-refractivity contribution in [1.29, 1.82) is 0 Å². The largest absolute Gasteiger partial charge is 0.491 e. The van der Waals surface area contributed by atoms with Crippen molar-refractivity contribution in [3.8, 4) is 5.75 Å². The number of unbranched alkanes of at least 4 members (excludes halogenated alkanes) is 1. The molecule has 178 valence electrons. The molecule has 1 saturated carbocycles. The second-order valence-corrected chi connectivity index (χ2v) is 7.89. The average molecular weight is 458 g/mol. The summed E-state index contributed by atoms with van der Waals surface area (Å²) in [5, 5.41) is 39.2. The maximum Gasteiger partial charge on any atom is 0.416 e. The Morgan fingerprint density at radius 2 is 1.97 bits per heavy atom. The van der Waals surface area contributed by atoms with Gasteiger partial charge in [-0.05, 0) is 43.4 Å². The van der Waals surface area contributed by atoms with Crippen LogP contribution in [-0.2, 0) is 11.0 Å². The molecular weight excluding hydrogens is 429 g/mol. The molecule has 0 radical (unpaired) electrons. The number of carboxylic acid groups (broad SMARTS) is 1. The zero-order valence-electron chi connectivity index (χ0n) is 17.5. The van der Waals surface area contributed by atoms with Crippen LogP contribution >= 0.6 is 0 Å². The van der Waals surface area contributed by atoms with Crippen LogP contribution in [0, 0.1) is 11.8 Å². The van der Waals surface area contributed by atoms with E-state index in [1.807, 2.05) is 12.2 Å². The summed E-state index contributed by atoms with van der Waals surface area (Å²) in [6.07, 6.45) is 1.48. The van der Waals surface area contributed by atoms with Gasteiger partial charge >= 0.3 is 12.1 Å². The van der Waals surface area contributed by atoms with Crippen molar-refractivity contribution in [3.63, 3.8) is 0 Å². The molecule has 1 aliphatic carbocycles. The number of halogens is 3. The predicted molar refractivity (Wildman–Crippen MR) is 111 cm³/mol. The van der Waals surface area contributed by atoms with Crippen LogP contribution in [-0.4, -0.2) is 51.3 Å². The quantitative estimate of drug-likeness (QED) is 0.298. The summed E-state index contributed by atoms with van der Waals surface area (Å²) in [5.74, 6) is -1.55. The highest BCUT2D eigenvalue weighted by Crippen LogP contribution is 2.36. The standard InChI is InChI=1S/C23H29F3O6/c24-23(25,26)15-6-5-7-17(12-15)32-14-16(27)10-11-19-18(20(28)13-21(19)29)8-3-1-2-4-9-22(30)31/h1,3,5-7,10-12,16,18-21,27-29H,2,4,8-9,13-14H2,(H,30,31)/b3-1-,11-10?/t16-,18-,19+,20-,21-/m1/s1. The number of aliphatic carboxylic acids is 1. The Kier molecular flexibility index (Phi) is 9.74. The summed E-state index contributed by atoms with van der Waals surface area (Å²) >= 11 is 0. The molecule has 0 heterocycles. The molecule has 1 aliphatic rings. The first-order valence-corrected chi connectivity index (χ1v) is 10.5. The van der Waals surface area contributed by atoms with Gasteiger partial charge < -0.3 is 25.2 Å². The number of carboxylic acids is 1. The van der Waals surface area contributed by atoms with E-state index >= 15 is 0 Å². The van der Waals surface area contributed by atoms with E-state index in [4.69, 9.17) is 9.84 Å². The van der Waals surface area contributed by atoms with Gasteiger partial charge in [0.05, 0.1) is 17.8 Å². The Balaban J connectivity index is 1.87. The minimum Gasteiger partial charge on any atom is -0.491 e. The van der Waals surface area contributed by atoms with Gasteiger partial charge in [-0.1, -0.05) is 30.4 Å². The molecule has 0 unspecified atom stereocenters. The molecule has 0 spiro atoms. The number of allylic oxidation sites excluding steroid dienone is 2. The van der Waals surface area contributed by atoms with Gasteiger partial charge in [0.2, 0.25) is 0 Å². The third kappa shape index (κ3) is 8.29. The van der Waals surface area contributed by atoms with E-state index in [1.165, 1.54) is 18.2 Å². The van der Waals surface area contributed by atoms with Crippen LogP contribution in [0.5, 0.6) is 5.75 Å². The second-order valence-electron chi connectivity index (χ2n) is 7.89. The Labute approximate surface area is 184 Å². The van der Waals surface area contributed by atoms with Gasteiger partial charge in [-0.3, -0.25) is 4.79 Å². The van der Waals surface area contributed by atoms with Crippen LogP contribution in [0.25, 0.3) is 0 Å². The molecule has 9 heteroatoms. The third-order valence-corrected chi connectivity index (χ3v) is 5.39. The molecule has 2 rings (SSSR count). The van der Waals surface area contributed by atoms with E-state index in [1.54, 1.807) is 6.08 Å². The minimum atomic E-state index is -4.49. The van der Waals surface area contributed by atoms with Crippen LogP contribution in [0.3, 0.4) is 0 Å². The first-order chi connectivity index (χ1) is 15.1. The first-order valence-electron chi connectivity index (χ1n) is 10.5. The molecule has 1 fully saturated rings. The topological polar surface area (TPSA) is 107 Å². The molecule has 0 aromatic heterocycles. The van der Waals surface area contributed by atoms with Crippen LogP contribution in [0.1, 0.15) is 37.7 Å². The number of aliphatic hydroxyl groups excluding tert-OH is 3. The summed E-state index contributed by atoms with van der Waals surface area (Å²) in [6.45, 7) is -0.267. The number of alkyl halides is 3. The van der Waals surface area contributed by atoms with Crippen LogP contribution in [0.4, 0.5) is 13.2 Å². The number of hydrogen-bond acceptors (Lipinski definition) is 5. The highest BCUT2D eigenvalue weighted by atomic mass is 19.4. The van der Waals surface area contributed by atoms with E-state index in [0.29, 0.717) is 19.3 Å². The molecule has 4 N–H and O–H groups in total. The van der Waals surface area contributed by atoms with Crippen molar-refractivity contribution in [2.45, 2.75) is 56.6 Å². The maximum absolute atomic E-state index is 12.8. The van der Waals surface area contributed by atoms with Crippen molar-refractivity contribution < 1.29 is 43.1 Å². The lowest BCUT2D eigenvalue weighted by Gasteiger charge is -2.19. The van der Waals surface area contributed by atoms with E-state index < -0.39 is 41.9 Å². The lowest BCUT2D eigenvalue weighted by Crippen LogP contribution is -2.21. The lowest BCUT2D eigenvalue weighted by molar-refractivity contribution is -0.138. The third-order valence-electron chi connectivity index (χ3n) is 5.39. The van der Waals surface area contributed by atoms with Crippen molar-refractivity contribution >= 4 is 5.97 Å². The predicted octanol–water partition coefficient (Wildman–Crippen LogP) is 3.56. The highest BCUT2D eigenvalue weighted by molar-refractivity contribution is 5.66. The summed E-state index contributed by atoms with van der Waals surface area (Å²) in [6, 6.07) is 4.36. The summed E-state index contributed by atoms with van der Waals surface area (Å²) < 4.78 is 43.5. The van der Waals surface area contributed by atoms with Gasteiger partial charge in [0.25, 0.3) is 0 Å². The lowest BCUT2D eigenvalue weighted by atomic mass is 9.89. The Morgan fingerprint density at radius 3 is 2.66 bits per heavy atom. The summed E-state index contributed by atoms with van der Waals surface area (Å²) in [4.78, 5) is 10.5. The highest BCUT2D eigenvalue weighted by Gasteiger charge is 2.39. The van der Waals surface area contributed by atoms with Crippen LogP contribution in [0.15, 0.2) is 48.6 Å². The fourth-order valence-corrected chi connectivity index (χ4v) is 3.70. The molecular formula is C23H29F3O6. The minimum absolute atomic E-state index is 0.0190. The molecule has 1 aromatic rings. The fourth-order valence-electron chi connectivity index (χ4n) is 3.70. The molecule has 0 amide bonds. The number of hydrogen-bond donors (Lipinski definition) is 4. The zero-order chi connectivity index (χ0) is 23.7. The molecule has 0 saturated heterocycles. The monoisotopic (exact) mass is 458 g/mol. The van der Waals surface area contributed by atoms with Crippen molar-refractivity contribution in [2.75, 3.05) is 6.61 Å². The van der Waals surface area contributed by atoms with Crippen molar-refractivity contribution in [1.82, 2.24) is 0 Å².